The van der Waals surface area contributed by atoms with Crippen LogP contribution >= 0.6 is 11.6 Å². The van der Waals surface area contributed by atoms with E-state index < -0.39 is 0 Å². The third-order valence-electron chi connectivity index (χ3n) is 6.09. The Hall–Kier alpha value is -4.16. The second-order valence-corrected chi connectivity index (χ2v) is 9.15. The minimum Gasteiger partial charge on any atom is -0.453 e. The maximum Gasteiger partial charge on any atom is 0.282 e. The summed E-state index contributed by atoms with van der Waals surface area (Å²) in [6, 6.07) is 22.9. The summed E-state index contributed by atoms with van der Waals surface area (Å²) in [4.78, 5) is 18.3. The first-order valence-electron chi connectivity index (χ1n) is 11.3. The van der Waals surface area contributed by atoms with E-state index in [0.29, 0.717) is 33.1 Å². The Kier molecular flexibility index (Phi) is 5.04. The van der Waals surface area contributed by atoms with Crippen molar-refractivity contribution in [3.05, 3.63) is 99.9 Å². The highest BCUT2D eigenvalue weighted by Gasteiger charge is 2.17. The first-order valence-corrected chi connectivity index (χ1v) is 11.7. The Bertz CT molecular complexity index is 1820. The predicted molar refractivity (Wildman–Crippen MR) is 142 cm³/mol. The van der Waals surface area contributed by atoms with Gasteiger partial charge < -0.3 is 8.98 Å². The molecule has 6 rings (SSSR count). The van der Waals surface area contributed by atoms with Gasteiger partial charge in [0.1, 0.15) is 5.58 Å². The Morgan fingerprint density at radius 3 is 2.60 bits per heavy atom. The topological polar surface area (TPSA) is 65.3 Å². The van der Waals surface area contributed by atoms with Crippen LogP contribution in [0.2, 0.25) is 5.02 Å². The monoisotopic (exact) mass is 480 g/mol. The van der Waals surface area contributed by atoms with E-state index in [2.05, 4.69) is 41.8 Å². The van der Waals surface area contributed by atoms with Crippen LogP contribution in [0.5, 0.6) is 0 Å². The zero-order valence-corrected chi connectivity index (χ0v) is 19.9. The van der Waals surface area contributed by atoms with E-state index in [4.69, 9.17) is 21.0 Å². The van der Waals surface area contributed by atoms with E-state index in [0.717, 1.165) is 21.9 Å². The number of aromatic nitrogens is 3. The molecule has 0 fully saturated rings. The molecule has 0 radical (unpaired) electrons. The molecule has 3 heterocycles. The lowest BCUT2D eigenvalue weighted by atomic mass is 10.2. The van der Waals surface area contributed by atoms with Crippen LogP contribution in [0.1, 0.15) is 25.5 Å². The minimum absolute atomic E-state index is 0.270. The molecular weight excluding hydrogens is 460 g/mol. The van der Waals surface area contributed by atoms with Crippen LogP contribution in [0.25, 0.3) is 44.4 Å². The summed E-state index contributed by atoms with van der Waals surface area (Å²) in [5.74, 6) is 0.761. The molecule has 0 aliphatic heterocycles. The number of nitrogens with zero attached hydrogens (tertiary/aromatic N) is 4. The van der Waals surface area contributed by atoms with Gasteiger partial charge in [-0.15, -0.1) is 0 Å². The van der Waals surface area contributed by atoms with E-state index in [1.165, 1.54) is 4.68 Å². The van der Waals surface area contributed by atoms with Crippen LogP contribution in [0.3, 0.4) is 0 Å². The molecule has 0 saturated carbocycles. The second kappa shape index (κ2) is 8.25. The Morgan fingerprint density at radius 2 is 1.77 bits per heavy atom. The lowest BCUT2D eigenvalue weighted by Crippen LogP contribution is -2.20. The molecule has 0 unspecified atom stereocenters. The Balaban J connectivity index is 1.57. The average molecular weight is 481 g/mol. The van der Waals surface area contributed by atoms with Crippen LogP contribution in [0.4, 0.5) is 0 Å². The summed E-state index contributed by atoms with van der Waals surface area (Å²) < 4.78 is 9.56. The number of benzene rings is 3. The van der Waals surface area contributed by atoms with Gasteiger partial charge in [0.05, 0.1) is 17.1 Å². The third kappa shape index (κ3) is 3.63. The summed E-state index contributed by atoms with van der Waals surface area (Å²) in [6.07, 6.45) is 3.77. The van der Waals surface area contributed by atoms with Crippen molar-refractivity contribution in [1.82, 2.24) is 14.2 Å². The average Bonchev–Trinajstić information content (AvgIpc) is 3.45. The van der Waals surface area contributed by atoms with Crippen molar-refractivity contribution in [3.63, 3.8) is 0 Å². The number of furan rings is 1. The molecular formula is C28H21ClN4O2. The second-order valence-electron chi connectivity index (χ2n) is 8.71. The van der Waals surface area contributed by atoms with Gasteiger partial charge in [-0.05, 0) is 56.3 Å². The van der Waals surface area contributed by atoms with Gasteiger partial charge in [0, 0.05) is 39.1 Å². The molecule has 6 aromatic rings. The van der Waals surface area contributed by atoms with Crippen LogP contribution in [-0.2, 0) is 0 Å². The number of hydrogen-bond acceptors (Lipinski definition) is 4. The number of fused-ring (bicyclic) bond motifs is 3. The molecule has 3 aromatic heterocycles. The molecule has 0 aliphatic rings. The summed E-state index contributed by atoms with van der Waals surface area (Å²) >= 11 is 6.16. The lowest BCUT2D eigenvalue weighted by Gasteiger charge is -2.08. The Morgan fingerprint density at radius 1 is 1.00 bits per heavy atom. The van der Waals surface area contributed by atoms with Crippen molar-refractivity contribution in [1.29, 1.82) is 0 Å². The van der Waals surface area contributed by atoms with Gasteiger partial charge in [-0.25, -0.2) is 4.98 Å². The fraction of sp³-hybridized carbons (Fsp3) is 0.107. The molecule has 172 valence electrons. The largest absolute Gasteiger partial charge is 0.453 e. The van der Waals surface area contributed by atoms with Crippen LogP contribution in [0.15, 0.2) is 93.3 Å². The quantitative estimate of drug-likeness (QED) is 0.258. The molecule has 0 amide bonds. The van der Waals surface area contributed by atoms with Crippen molar-refractivity contribution in [2.45, 2.75) is 19.9 Å². The number of halogens is 1. The molecule has 0 bridgehead atoms. The van der Waals surface area contributed by atoms with E-state index in [-0.39, 0.29) is 11.6 Å². The summed E-state index contributed by atoms with van der Waals surface area (Å²) in [5, 5.41) is 7.60. The van der Waals surface area contributed by atoms with Crippen LogP contribution < -0.4 is 5.56 Å². The fourth-order valence-electron chi connectivity index (χ4n) is 4.40. The van der Waals surface area contributed by atoms with E-state index >= 15 is 0 Å². The van der Waals surface area contributed by atoms with Crippen molar-refractivity contribution >= 4 is 50.6 Å². The summed E-state index contributed by atoms with van der Waals surface area (Å²) in [7, 11) is 0. The molecule has 6 nitrogen and oxygen atoms in total. The number of rotatable bonds is 4. The highest BCUT2D eigenvalue weighted by atomic mass is 35.5. The highest BCUT2D eigenvalue weighted by molar-refractivity contribution is 6.31. The molecule has 7 heteroatoms. The molecule has 0 N–H and O–H groups in total. The van der Waals surface area contributed by atoms with Crippen molar-refractivity contribution in [2.24, 2.45) is 5.10 Å². The van der Waals surface area contributed by atoms with E-state index in [1.54, 1.807) is 24.4 Å². The molecule has 3 aromatic carbocycles. The normalized spacial score (nSPS) is 12.1. The lowest BCUT2D eigenvalue weighted by molar-refractivity contribution is 0.616. The maximum atomic E-state index is 13.5. The van der Waals surface area contributed by atoms with Gasteiger partial charge in [-0.1, -0.05) is 41.9 Å². The predicted octanol–water partition coefficient (Wildman–Crippen LogP) is 6.88. The van der Waals surface area contributed by atoms with Crippen molar-refractivity contribution < 1.29 is 4.42 Å². The van der Waals surface area contributed by atoms with E-state index in [9.17, 15) is 4.79 Å². The van der Waals surface area contributed by atoms with Crippen LogP contribution in [-0.4, -0.2) is 20.4 Å². The molecule has 0 saturated heterocycles. The summed E-state index contributed by atoms with van der Waals surface area (Å²) in [5.41, 5.74) is 2.99. The third-order valence-corrected chi connectivity index (χ3v) is 6.33. The van der Waals surface area contributed by atoms with Crippen molar-refractivity contribution in [2.75, 3.05) is 0 Å². The maximum absolute atomic E-state index is 13.5. The van der Waals surface area contributed by atoms with Gasteiger partial charge in [-0.2, -0.15) is 9.78 Å². The first-order chi connectivity index (χ1) is 17.0. The summed E-state index contributed by atoms with van der Waals surface area (Å²) in [6.45, 7) is 4.27. The first kappa shape index (κ1) is 21.4. The van der Waals surface area contributed by atoms with Gasteiger partial charge in [0.25, 0.3) is 5.56 Å². The smallest absolute Gasteiger partial charge is 0.282 e. The van der Waals surface area contributed by atoms with Gasteiger partial charge in [0.2, 0.25) is 5.82 Å². The van der Waals surface area contributed by atoms with E-state index in [1.807, 2.05) is 42.5 Å². The zero-order valence-electron chi connectivity index (χ0n) is 19.1. The zero-order chi connectivity index (χ0) is 24.1. The Labute approximate surface area is 205 Å². The number of para-hydroxylation sites is 2. The standard InChI is InChI=1S/C28H21ClN4O2/c1-17(2)32-16-19(21-7-4-6-10-24(21)32)15-30-33-27(31-23-9-5-3-8-22(23)28(33)34)26-14-18-13-20(29)11-12-25(18)35-26/h3-17H,1-2H3. The van der Waals surface area contributed by atoms with Gasteiger partial charge >= 0.3 is 0 Å². The fourth-order valence-corrected chi connectivity index (χ4v) is 4.58. The highest BCUT2D eigenvalue weighted by Crippen LogP contribution is 2.29. The molecule has 0 atom stereocenters. The molecule has 0 spiro atoms. The molecule has 0 aliphatic carbocycles. The SMILES string of the molecule is CC(C)n1cc(C=Nn2c(-c3cc4cc(Cl)ccc4o3)nc3ccccc3c2=O)c2ccccc21. The molecule has 35 heavy (non-hydrogen) atoms. The number of hydrogen-bond donors (Lipinski definition) is 0. The van der Waals surface area contributed by atoms with Crippen LogP contribution in [0, 0.1) is 0 Å². The van der Waals surface area contributed by atoms with Crippen molar-refractivity contribution in [3.8, 4) is 11.6 Å². The minimum atomic E-state index is -0.270. The van der Waals surface area contributed by atoms with Gasteiger partial charge in [-0.3, -0.25) is 4.79 Å². The van der Waals surface area contributed by atoms with Gasteiger partial charge in [0.15, 0.2) is 5.76 Å².